The summed E-state index contributed by atoms with van der Waals surface area (Å²) in [6.45, 7) is 6.75. The summed E-state index contributed by atoms with van der Waals surface area (Å²) in [4.78, 5) is 4.75. The number of benzene rings is 2. The van der Waals surface area contributed by atoms with Crippen molar-refractivity contribution < 1.29 is 9.84 Å². The zero-order chi connectivity index (χ0) is 16.9. The van der Waals surface area contributed by atoms with Gasteiger partial charge in [-0.3, -0.25) is 4.90 Å². The molecule has 0 spiro atoms. The molecule has 4 nitrogen and oxygen atoms in total. The summed E-state index contributed by atoms with van der Waals surface area (Å²) >= 11 is 0. The maximum atomic E-state index is 10.5. The number of ether oxygens (including phenoxy) is 1. The number of nitrogens with zero attached hydrogens (tertiary/aromatic N) is 2. The first-order valence-corrected chi connectivity index (χ1v) is 8.51. The number of aryl methyl sites for hydroxylation is 1. The Labute approximate surface area is 144 Å². The number of methoxy groups -OCH3 is 1. The van der Waals surface area contributed by atoms with Crippen molar-refractivity contribution in [2.75, 3.05) is 44.7 Å². The van der Waals surface area contributed by atoms with Crippen molar-refractivity contribution in [2.45, 2.75) is 13.0 Å². The molecule has 1 heterocycles. The zero-order valence-electron chi connectivity index (χ0n) is 14.5. The summed E-state index contributed by atoms with van der Waals surface area (Å²) < 4.78 is 5.16. The van der Waals surface area contributed by atoms with Crippen molar-refractivity contribution in [3.05, 3.63) is 59.7 Å². The summed E-state index contributed by atoms with van der Waals surface area (Å²) in [5.41, 5.74) is 3.53. The SMILES string of the molecule is COc1ccc([C@@H](O)CN2CCN(c3cccc(C)c3)CC2)cc1. The van der Waals surface area contributed by atoms with Gasteiger partial charge in [-0.15, -0.1) is 0 Å². The molecule has 24 heavy (non-hydrogen) atoms. The summed E-state index contributed by atoms with van der Waals surface area (Å²) in [7, 11) is 1.65. The lowest BCUT2D eigenvalue weighted by Crippen LogP contribution is -2.47. The summed E-state index contributed by atoms with van der Waals surface area (Å²) in [5.74, 6) is 0.817. The number of β-amino-alcohol motifs (C(OH)–C–C–N with tert-alkyl or cyclic N) is 1. The van der Waals surface area contributed by atoms with Crippen molar-refractivity contribution in [1.82, 2.24) is 4.90 Å². The number of anilines is 1. The van der Waals surface area contributed by atoms with Gasteiger partial charge in [0.25, 0.3) is 0 Å². The minimum absolute atomic E-state index is 0.457. The highest BCUT2D eigenvalue weighted by Crippen LogP contribution is 2.21. The van der Waals surface area contributed by atoms with Crippen LogP contribution in [-0.2, 0) is 0 Å². The Hall–Kier alpha value is -2.04. The van der Waals surface area contributed by atoms with Crippen LogP contribution in [0.1, 0.15) is 17.2 Å². The molecule has 4 heteroatoms. The number of hydrogen-bond acceptors (Lipinski definition) is 4. The van der Waals surface area contributed by atoms with Crippen LogP contribution in [0.2, 0.25) is 0 Å². The molecule has 0 aliphatic carbocycles. The van der Waals surface area contributed by atoms with Gasteiger partial charge < -0.3 is 14.7 Å². The van der Waals surface area contributed by atoms with Crippen LogP contribution in [0.15, 0.2) is 48.5 Å². The lowest BCUT2D eigenvalue weighted by Gasteiger charge is -2.37. The maximum Gasteiger partial charge on any atom is 0.118 e. The Bertz CT molecular complexity index is 649. The highest BCUT2D eigenvalue weighted by atomic mass is 16.5. The summed E-state index contributed by atoms with van der Waals surface area (Å²) in [6.07, 6.45) is -0.457. The van der Waals surface area contributed by atoms with Gasteiger partial charge >= 0.3 is 0 Å². The first-order valence-electron chi connectivity index (χ1n) is 8.51. The van der Waals surface area contributed by atoms with Crippen LogP contribution >= 0.6 is 0 Å². The van der Waals surface area contributed by atoms with Crippen molar-refractivity contribution in [2.24, 2.45) is 0 Å². The Morgan fingerprint density at radius 1 is 1.04 bits per heavy atom. The van der Waals surface area contributed by atoms with E-state index in [1.165, 1.54) is 11.3 Å². The number of rotatable bonds is 5. The molecule has 0 saturated carbocycles. The van der Waals surface area contributed by atoms with Gasteiger partial charge in [-0.1, -0.05) is 24.3 Å². The van der Waals surface area contributed by atoms with Crippen molar-refractivity contribution in [3.63, 3.8) is 0 Å². The van der Waals surface area contributed by atoms with E-state index in [2.05, 4.69) is 41.0 Å². The minimum atomic E-state index is -0.457. The predicted molar refractivity (Wildman–Crippen MR) is 97.8 cm³/mol. The number of aliphatic hydroxyl groups is 1. The Balaban J connectivity index is 1.53. The van der Waals surface area contributed by atoms with Gasteiger partial charge in [0.1, 0.15) is 5.75 Å². The van der Waals surface area contributed by atoms with E-state index in [-0.39, 0.29) is 0 Å². The largest absolute Gasteiger partial charge is 0.497 e. The standard InChI is InChI=1S/C20H26N2O2/c1-16-4-3-5-18(14-16)22-12-10-21(11-13-22)15-20(23)17-6-8-19(24-2)9-7-17/h3-9,14,20,23H,10-13,15H2,1-2H3/t20-/m0/s1. The molecule has 0 aromatic heterocycles. The van der Waals surface area contributed by atoms with E-state index in [1.54, 1.807) is 7.11 Å². The summed E-state index contributed by atoms with van der Waals surface area (Å²) in [6, 6.07) is 16.3. The van der Waals surface area contributed by atoms with Crippen LogP contribution in [0, 0.1) is 6.92 Å². The fourth-order valence-electron chi connectivity index (χ4n) is 3.19. The lowest BCUT2D eigenvalue weighted by atomic mass is 10.1. The molecule has 1 aliphatic heterocycles. The smallest absolute Gasteiger partial charge is 0.118 e. The predicted octanol–water partition coefficient (Wildman–Crippen LogP) is 2.86. The van der Waals surface area contributed by atoms with Crippen molar-refractivity contribution >= 4 is 5.69 Å². The van der Waals surface area contributed by atoms with Gasteiger partial charge in [-0.25, -0.2) is 0 Å². The molecule has 0 amide bonds. The van der Waals surface area contributed by atoms with Gasteiger partial charge in [0.15, 0.2) is 0 Å². The van der Waals surface area contributed by atoms with Crippen LogP contribution in [-0.4, -0.2) is 49.8 Å². The molecule has 3 rings (SSSR count). The Morgan fingerprint density at radius 2 is 1.75 bits per heavy atom. The van der Waals surface area contributed by atoms with E-state index >= 15 is 0 Å². The maximum absolute atomic E-state index is 10.5. The third-order valence-corrected chi connectivity index (χ3v) is 4.67. The van der Waals surface area contributed by atoms with E-state index in [4.69, 9.17) is 4.74 Å². The summed E-state index contributed by atoms with van der Waals surface area (Å²) in [5, 5.41) is 10.5. The molecule has 0 bridgehead atoms. The molecule has 1 fully saturated rings. The van der Waals surface area contributed by atoms with Crippen LogP contribution in [0.4, 0.5) is 5.69 Å². The van der Waals surface area contributed by atoms with Crippen molar-refractivity contribution in [3.8, 4) is 5.75 Å². The monoisotopic (exact) mass is 326 g/mol. The molecular weight excluding hydrogens is 300 g/mol. The van der Waals surface area contributed by atoms with Crippen LogP contribution < -0.4 is 9.64 Å². The molecule has 1 saturated heterocycles. The average Bonchev–Trinajstić information content (AvgIpc) is 2.62. The third-order valence-electron chi connectivity index (χ3n) is 4.67. The molecule has 0 radical (unpaired) electrons. The van der Waals surface area contributed by atoms with Gasteiger partial charge in [0.05, 0.1) is 13.2 Å². The molecule has 0 unspecified atom stereocenters. The van der Waals surface area contributed by atoms with E-state index in [1.807, 2.05) is 24.3 Å². The van der Waals surface area contributed by atoms with E-state index in [0.29, 0.717) is 6.54 Å². The quantitative estimate of drug-likeness (QED) is 0.916. The van der Waals surface area contributed by atoms with E-state index in [0.717, 1.165) is 37.5 Å². The molecule has 1 aliphatic rings. The number of aliphatic hydroxyl groups excluding tert-OH is 1. The highest BCUT2D eigenvalue weighted by molar-refractivity contribution is 5.48. The van der Waals surface area contributed by atoms with Crippen molar-refractivity contribution in [1.29, 1.82) is 0 Å². The molecular formula is C20H26N2O2. The van der Waals surface area contributed by atoms with E-state index in [9.17, 15) is 5.11 Å². The van der Waals surface area contributed by atoms with Crippen LogP contribution in [0.25, 0.3) is 0 Å². The van der Waals surface area contributed by atoms with Gasteiger partial charge in [-0.05, 0) is 42.3 Å². The molecule has 1 atom stereocenters. The average molecular weight is 326 g/mol. The topological polar surface area (TPSA) is 35.9 Å². The fraction of sp³-hybridized carbons (Fsp3) is 0.400. The Morgan fingerprint density at radius 3 is 2.38 bits per heavy atom. The number of piperazine rings is 1. The zero-order valence-corrected chi connectivity index (χ0v) is 14.5. The normalized spacial score (nSPS) is 16.9. The van der Waals surface area contributed by atoms with Gasteiger partial charge in [0, 0.05) is 38.4 Å². The molecule has 2 aromatic carbocycles. The first kappa shape index (κ1) is 16.8. The fourth-order valence-corrected chi connectivity index (χ4v) is 3.19. The second-order valence-electron chi connectivity index (χ2n) is 6.42. The van der Waals surface area contributed by atoms with Crippen LogP contribution in [0.3, 0.4) is 0 Å². The van der Waals surface area contributed by atoms with E-state index < -0.39 is 6.10 Å². The minimum Gasteiger partial charge on any atom is -0.497 e. The third kappa shape index (κ3) is 4.08. The molecule has 1 N–H and O–H groups in total. The molecule has 128 valence electrons. The lowest BCUT2D eigenvalue weighted by molar-refractivity contribution is 0.109. The highest BCUT2D eigenvalue weighted by Gasteiger charge is 2.20. The van der Waals surface area contributed by atoms with Gasteiger partial charge in [0.2, 0.25) is 0 Å². The van der Waals surface area contributed by atoms with Crippen LogP contribution in [0.5, 0.6) is 5.75 Å². The Kier molecular flexibility index (Phi) is 5.38. The van der Waals surface area contributed by atoms with Gasteiger partial charge in [-0.2, -0.15) is 0 Å². The number of hydrogen-bond donors (Lipinski definition) is 1. The second kappa shape index (κ2) is 7.69. The first-order chi connectivity index (χ1) is 11.7. The second-order valence-corrected chi connectivity index (χ2v) is 6.42. The molecule has 2 aromatic rings.